The van der Waals surface area contributed by atoms with E-state index >= 15 is 0 Å². The van der Waals surface area contributed by atoms with Gasteiger partial charge in [-0.05, 0) is 43.2 Å². The summed E-state index contributed by atoms with van der Waals surface area (Å²) < 4.78 is 7.60. The minimum atomic E-state index is -0.878. The third-order valence-corrected chi connectivity index (χ3v) is 4.77. The Hall–Kier alpha value is -2.47. The summed E-state index contributed by atoms with van der Waals surface area (Å²) in [5.74, 6) is 0.701. The number of imidazole rings is 1. The van der Waals surface area contributed by atoms with Gasteiger partial charge in [0.15, 0.2) is 5.16 Å². The fourth-order valence-corrected chi connectivity index (χ4v) is 3.43. The number of benzene rings is 2. The maximum Gasteiger partial charge on any atom is 0.323 e. The van der Waals surface area contributed by atoms with E-state index in [1.54, 1.807) is 4.57 Å². The molecule has 2 aromatic carbocycles. The second kappa shape index (κ2) is 7.61. The summed E-state index contributed by atoms with van der Waals surface area (Å²) in [6.45, 7) is 4.50. The van der Waals surface area contributed by atoms with Crippen molar-refractivity contribution in [3.63, 3.8) is 0 Å². The van der Waals surface area contributed by atoms with Crippen molar-refractivity contribution in [3.8, 4) is 5.75 Å². The fourth-order valence-electron chi connectivity index (χ4n) is 2.60. The molecule has 25 heavy (non-hydrogen) atoms. The summed E-state index contributed by atoms with van der Waals surface area (Å²) in [5, 5.41) is 9.87. The topological polar surface area (TPSA) is 64.4 Å². The molecule has 0 fully saturated rings. The predicted molar refractivity (Wildman–Crippen MR) is 99.5 cm³/mol. The molecule has 0 bridgehead atoms. The lowest BCUT2D eigenvalue weighted by Gasteiger charge is -2.10. The Morgan fingerprint density at radius 3 is 2.84 bits per heavy atom. The van der Waals surface area contributed by atoms with E-state index in [0.717, 1.165) is 27.9 Å². The van der Waals surface area contributed by atoms with E-state index in [4.69, 9.17) is 9.84 Å². The molecule has 0 aliphatic carbocycles. The molecule has 0 amide bonds. The Morgan fingerprint density at radius 1 is 1.24 bits per heavy atom. The van der Waals surface area contributed by atoms with Crippen LogP contribution in [0.1, 0.15) is 11.1 Å². The first-order chi connectivity index (χ1) is 12.0. The first kappa shape index (κ1) is 17.4. The number of aryl methyl sites for hydroxylation is 2. The number of hydrogen-bond donors (Lipinski definition) is 1. The Morgan fingerprint density at radius 2 is 2.04 bits per heavy atom. The van der Waals surface area contributed by atoms with E-state index in [1.165, 1.54) is 11.8 Å². The highest BCUT2D eigenvalue weighted by molar-refractivity contribution is 7.99. The molecule has 0 aliphatic heterocycles. The number of fused-ring (bicyclic) bond motifs is 1. The molecule has 1 aromatic heterocycles. The number of nitrogens with zero attached hydrogens (tertiary/aromatic N) is 2. The van der Waals surface area contributed by atoms with Gasteiger partial charge in [0, 0.05) is 5.75 Å². The van der Waals surface area contributed by atoms with Crippen LogP contribution in [0.3, 0.4) is 0 Å². The average molecular weight is 356 g/mol. The van der Waals surface area contributed by atoms with Crippen LogP contribution in [0, 0.1) is 13.8 Å². The van der Waals surface area contributed by atoms with Crippen molar-refractivity contribution >= 4 is 28.8 Å². The molecule has 0 saturated heterocycles. The number of rotatable bonds is 7. The molecule has 0 spiro atoms. The SMILES string of the molecule is Cc1ccc(C)c(OCCSc2nc3ccccc3n2CC(=O)O)c1. The molecule has 6 heteroatoms. The highest BCUT2D eigenvalue weighted by Gasteiger charge is 2.13. The minimum Gasteiger partial charge on any atom is -0.492 e. The third kappa shape index (κ3) is 4.14. The number of hydrogen-bond acceptors (Lipinski definition) is 4. The van der Waals surface area contributed by atoms with Crippen LogP contribution in [-0.2, 0) is 11.3 Å². The predicted octanol–water partition coefficient (Wildman–Crippen LogP) is 3.91. The van der Waals surface area contributed by atoms with Crippen LogP contribution in [0.25, 0.3) is 11.0 Å². The Bertz CT molecular complexity index is 905. The fraction of sp³-hybridized carbons (Fsp3) is 0.263. The van der Waals surface area contributed by atoms with E-state index in [-0.39, 0.29) is 6.54 Å². The minimum absolute atomic E-state index is 0.0965. The van der Waals surface area contributed by atoms with E-state index in [9.17, 15) is 4.79 Å². The molecule has 130 valence electrons. The van der Waals surface area contributed by atoms with Crippen molar-refractivity contribution < 1.29 is 14.6 Å². The molecule has 3 aromatic rings. The Labute approximate surface area is 150 Å². The lowest BCUT2D eigenvalue weighted by molar-refractivity contribution is -0.137. The highest BCUT2D eigenvalue weighted by atomic mass is 32.2. The molecule has 0 atom stereocenters. The van der Waals surface area contributed by atoms with Gasteiger partial charge in [-0.1, -0.05) is 36.0 Å². The number of para-hydroxylation sites is 2. The van der Waals surface area contributed by atoms with Crippen molar-refractivity contribution in [2.24, 2.45) is 0 Å². The third-order valence-electron chi connectivity index (χ3n) is 3.83. The summed E-state index contributed by atoms with van der Waals surface area (Å²) in [6.07, 6.45) is 0. The first-order valence-corrected chi connectivity index (χ1v) is 9.03. The van der Waals surface area contributed by atoms with E-state index in [1.807, 2.05) is 50.2 Å². The molecule has 3 rings (SSSR count). The van der Waals surface area contributed by atoms with Crippen LogP contribution in [0.15, 0.2) is 47.6 Å². The van der Waals surface area contributed by atoms with Gasteiger partial charge in [-0.3, -0.25) is 4.79 Å². The van der Waals surface area contributed by atoms with Gasteiger partial charge in [-0.15, -0.1) is 0 Å². The number of ether oxygens (including phenoxy) is 1. The molecule has 0 aliphatic rings. The van der Waals surface area contributed by atoms with Crippen LogP contribution in [0.2, 0.25) is 0 Å². The first-order valence-electron chi connectivity index (χ1n) is 8.04. The van der Waals surface area contributed by atoms with Gasteiger partial charge in [-0.2, -0.15) is 0 Å². The molecule has 0 saturated carbocycles. The number of carboxylic acid groups (broad SMARTS) is 1. The van der Waals surface area contributed by atoms with Crippen LogP contribution in [0.5, 0.6) is 5.75 Å². The van der Waals surface area contributed by atoms with E-state index < -0.39 is 5.97 Å². The smallest absolute Gasteiger partial charge is 0.323 e. The highest BCUT2D eigenvalue weighted by Crippen LogP contribution is 2.25. The van der Waals surface area contributed by atoms with Crippen LogP contribution >= 0.6 is 11.8 Å². The van der Waals surface area contributed by atoms with E-state index in [0.29, 0.717) is 17.5 Å². The summed E-state index contributed by atoms with van der Waals surface area (Å²) in [6, 6.07) is 13.7. The molecular weight excluding hydrogens is 336 g/mol. The van der Waals surface area contributed by atoms with Gasteiger partial charge in [0.2, 0.25) is 0 Å². The number of carbonyl (C=O) groups is 1. The molecular formula is C19H20N2O3S. The van der Waals surface area contributed by atoms with Gasteiger partial charge in [0.25, 0.3) is 0 Å². The van der Waals surface area contributed by atoms with Gasteiger partial charge in [-0.25, -0.2) is 4.98 Å². The largest absolute Gasteiger partial charge is 0.492 e. The van der Waals surface area contributed by atoms with Gasteiger partial charge in [0.1, 0.15) is 12.3 Å². The summed E-state index contributed by atoms with van der Waals surface area (Å²) >= 11 is 1.51. The molecule has 0 radical (unpaired) electrons. The average Bonchev–Trinajstić information content (AvgIpc) is 2.92. The van der Waals surface area contributed by atoms with Crippen molar-refractivity contribution in [1.82, 2.24) is 9.55 Å². The van der Waals surface area contributed by atoms with Crippen LogP contribution in [0.4, 0.5) is 0 Å². The summed E-state index contributed by atoms with van der Waals surface area (Å²) in [5.41, 5.74) is 3.91. The van der Waals surface area contributed by atoms with Crippen molar-refractivity contribution in [2.75, 3.05) is 12.4 Å². The van der Waals surface area contributed by atoms with Crippen LogP contribution in [-0.4, -0.2) is 33.0 Å². The Kier molecular flexibility index (Phi) is 5.28. The molecule has 5 nitrogen and oxygen atoms in total. The van der Waals surface area contributed by atoms with Crippen molar-refractivity contribution in [3.05, 3.63) is 53.6 Å². The lowest BCUT2D eigenvalue weighted by atomic mass is 10.1. The maximum atomic E-state index is 11.2. The second-order valence-corrected chi connectivity index (χ2v) is 6.89. The summed E-state index contributed by atoms with van der Waals surface area (Å²) in [4.78, 5) is 15.7. The van der Waals surface area contributed by atoms with E-state index in [2.05, 4.69) is 11.1 Å². The zero-order valence-corrected chi connectivity index (χ0v) is 15.0. The maximum absolute atomic E-state index is 11.2. The van der Waals surface area contributed by atoms with Gasteiger partial charge < -0.3 is 14.4 Å². The zero-order valence-electron chi connectivity index (χ0n) is 14.2. The molecule has 1 N–H and O–H groups in total. The number of thioether (sulfide) groups is 1. The Balaban J connectivity index is 1.68. The standard InChI is InChI=1S/C19H20N2O3S/c1-13-7-8-14(2)17(11-13)24-9-10-25-19-20-15-5-3-4-6-16(15)21(19)12-18(22)23/h3-8,11H,9-10,12H2,1-2H3,(H,22,23). The number of aromatic nitrogens is 2. The van der Waals surface area contributed by atoms with Gasteiger partial charge in [0.05, 0.1) is 17.6 Å². The van der Waals surface area contributed by atoms with Crippen molar-refractivity contribution in [1.29, 1.82) is 0 Å². The normalized spacial score (nSPS) is 11.0. The summed E-state index contributed by atoms with van der Waals surface area (Å²) in [7, 11) is 0. The lowest BCUT2D eigenvalue weighted by Crippen LogP contribution is -2.10. The van der Waals surface area contributed by atoms with Gasteiger partial charge >= 0.3 is 5.97 Å². The number of carboxylic acids is 1. The second-order valence-electron chi connectivity index (χ2n) is 5.83. The van der Waals surface area contributed by atoms with Crippen molar-refractivity contribution in [2.45, 2.75) is 25.5 Å². The molecule has 0 unspecified atom stereocenters. The molecule has 1 heterocycles. The van der Waals surface area contributed by atoms with Crippen LogP contribution < -0.4 is 4.74 Å². The quantitative estimate of drug-likeness (QED) is 0.514. The number of aliphatic carboxylic acids is 1. The monoisotopic (exact) mass is 356 g/mol. The zero-order chi connectivity index (χ0) is 17.8.